The molecule has 1 fully saturated rings. The summed E-state index contributed by atoms with van der Waals surface area (Å²) < 4.78 is 5.20. The van der Waals surface area contributed by atoms with Crippen molar-refractivity contribution in [2.24, 2.45) is 0 Å². The van der Waals surface area contributed by atoms with Crippen LogP contribution in [0.2, 0.25) is 0 Å². The van der Waals surface area contributed by atoms with Crippen LogP contribution in [-0.2, 0) is 14.3 Å². The molecule has 1 aliphatic rings. The molecule has 1 N–H and O–H groups in total. The van der Waals surface area contributed by atoms with Gasteiger partial charge in [-0.25, -0.2) is 4.79 Å². The standard InChI is InChI=1S/C22H39NO3/c1-2-3-4-5-6-7-8-9-10-11-12-13-14-15-16-19-26-22(25)20-17-18-21(24)23-20/h13-14,20H,2-12,15-19H2,1H3,(H,23,24)/b14-13+/t20-/m0/s1. The zero-order chi connectivity index (χ0) is 18.9. The van der Waals surface area contributed by atoms with E-state index in [1.807, 2.05) is 0 Å². The van der Waals surface area contributed by atoms with E-state index < -0.39 is 6.04 Å². The van der Waals surface area contributed by atoms with Crippen molar-refractivity contribution in [1.29, 1.82) is 0 Å². The third kappa shape index (κ3) is 12.1. The first kappa shape index (κ1) is 22.7. The van der Waals surface area contributed by atoms with Crippen LogP contribution in [0.25, 0.3) is 0 Å². The predicted octanol–water partition coefficient (Wildman–Crippen LogP) is 5.46. The fourth-order valence-electron chi connectivity index (χ4n) is 3.25. The van der Waals surface area contributed by atoms with E-state index in [9.17, 15) is 9.59 Å². The van der Waals surface area contributed by atoms with Crippen molar-refractivity contribution in [2.75, 3.05) is 6.61 Å². The van der Waals surface area contributed by atoms with Crippen LogP contribution in [0, 0.1) is 0 Å². The van der Waals surface area contributed by atoms with Gasteiger partial charge in [0.05, 0.1) is 6.61 Å². The van der Waals surface area contributed by atoms with Crippen LogP contribution >= 0.6 is 0 Å². The number of ether oxygens (including phenoxy) is 1. The Morgan fingerprint density at radius 1 is 0.962 bits per heavy atom. The molecule has 0 bridgehead atoms. The van der Waals surface area contributed by atoms with E-state index in [0.29, 0.717) is 19.4 Å². The molecule has 0 aromatic heterocycles. The van der Waals surface area contributed by atoms with Crippen molar-refractivity contribution in [3.05, 3.63) is 12.2 Å². The Hall–Kier alpha value is -1.32. The van der Waals surface area contributed by atoms with Crippen molar-refractivity contribution in [3.8, 4) is 0 Å². The monoisotopic (exact) mass is 365 g/mol. The van der Waals surface area contributed by atoms with Crippen molar-refractivity contribution < 1.29 is 14.3 Å². The average molecular weight is 366 g/mol. The summed E-state index contributed by atoms with van der Waals surface area (Å²) >= 11 is 0. The second-order valence-corrected chi connectivity index (χ2v) is 7.41. The van der Waals surface area contributed by atoms with Crippen LogP contribution in [0.3, 0.4) is 0 Å². The summed E-state index contributed by atoms with van der Waals surface area (Å²) in [6.45, 7) is 2.70. The summed E-state index contributed by atoms with van der Waals surface area (Å²) in [6.07, 6.45) is 22.2. The van der Waals surface area contributed by atoms with Gasteiger partial charge >= 0.3 is 5.97 Å². The first-order chi connectivity index (χ1) is 12.7. The third-order valence-corrected chi connectivity index (χ3v) is 4.93. The minimum absolute atomic E-state index is 0.0538. The molecule has 1 saturated heterocycles. The highest BCUT2D eigenvalue weighted by Gasteiger charge is 2.28. The molecule has 1 atom stereocenters. The lowest BCUT2D eigenvalue weighted by atomic mass is 10.1. The first-order valence-electron chi connectivity index (χ1n) is 10.8. The Morgan fingerprint density at radius 2 is 1.54 bits per heavy atom. The largest absolute Gasteiger partial charge is 0.464 e. The van der Waals surface area contributed by atoms with E-state index in [1.165, 1.54) is 64.2 Å². The molecule has 0 unspecified atom stereocenters. The molecule has 0 aliphatic carbocycles. The fourth-order valence-corrected chi connectivity index (χ4v) is 3.25. The number of unbranched alkanes of at least 4 members (excludes halogenated alkanes) is 11. The SMILES string of the molecule is CCCCCCCCCCCC/C=C/CCCOC(=O)[C@@H]1CCC(=O)N1. The molecule has 0 aromatic rings. The maximum Gasteiger partial charge on any atom is 0.328 e. The van der Waals surface area contributed by atoms with Crippen molar-refractivity contribution in [3.63, 3.8) is 0 Å². The maximum atomic E-state index is 11.7. The Balaban J connectivity index is 1.79. The van der Waals surface area contributed by atoms with Gasteiger partial charge in [0.1, 0.15) is 6.04 Å². The van der Waals surface area contributed by atoms with Gasteiger partial charge in [-0.15, -0.1) is 0 Å². The molecule has 0 radical (unpaired) electrons. The molecule has 0 saturated carbocycles. The molecule has 1 amide bonds. The minimum Gasteiger partial charge on any atom is -0.464 e. The van der Waals surface area contributed by atoms with Crippen molar-refractivity contribution >= 4 is 11.9 Å². The van der Waals surface area contributed by atoms with Crippen molar-refractivity contribution in [2.45, 2.75) is 109 Å². The Bertz CT molecular complexity index is 406. The normalized spacial score (nSPS) is 17.0. The Labute approximate surface area is 160 Å². The van der Waals surface area contributed by atoms with E-state index in [1.54, 1.807) is 0 Å². The van der Waals surface area contributed by atoms with Gasteiger partial charge in [0.2, 0.25) is 5.91 Å². The molecule has 1 heterocycles. The molecule has 1 aliphatic heterocycles. The van der Waals surface area contributed by atoms with Gasteiger partial charge in [-0.2, -0.15) is 0 Å². The van der Waals surface area contributed by atoms with Crippen LogP contribution < -0.4 is 5.32 Å². The number of nitrogens with one attached hydrogen (secondary N) is 1. The summed E-state index contributed by atoms with van der Waals surface area (Å²) in [5, 5.41) is 2.63. The first-order valence-corrected chi connectivity index (χ1v) is 10.8. The van der Waals surface area contributed by atoms with E-state index in [0.717, 1.165) is 19.3 Å². The lowest BCUT2D eigenvalue weighted by molar-refractivity contribution is -0.146. The number of carbonyl (C=O) groups excluding carboxylic acids is 2. The van der Waals surface area contributed by atoms with Crippen molar-refractivity contribution in [1.82, 2.24) is 5.32 Å². The van der Waals surface area contributed by atoms with Crippen LogP contribution in [0.1, 0.15) is 103 Å². The second kappa shape index (κ2) is 15.9. The summed E-state index contributed by atoms with van der Waals surface area (Å²) in [7, 11) is 0. The Morgan fingerprint density at radius 3 is 2.12 bits per heavy atom. The second-order valence-electron chi connectivity index (χ2n) is 7.41. The molecule has 150 valence electrons. The Kier molecular flexibility index (Phi) is 13.9. The van der Waals surface area contributed by atoms with E-state index in [-0.39, 0.29) is 11.9 Å². The fraction of sp³-hybridized carbons (Fsp3) is 0.818. The third-order valence-electron chi connectivity index (χ3n) is 4.93. The predicted molar refractivity (Wildman–Crippen MR) is 107 cm³/mol. The van der Waals surface area contributed by atoms with E-state index in [2.05, 4.69) is 24.4 Å². The molecule has 0 aromatic carbocycles. The highest BCUT2D eigenvalue weighted by atomic mass is 16.5. The topological polar surface area (TPSA) is 55.4 Å². The van der Waals surface area contributed by atoms with E-state index in [4.69, 9.17) is 4.74 Å². The number of carbonyl (C=O) groups is 2. The average Bonchev–Trinajstić information content (AvgIpc) is 3.07. The lowest BCUT2D eigenvalue weighted by Gasteiger charge is -2.09. The number of rotatable bonds is 16. The van der Waals surface area contributed by atoms with Crippen LogP contribution in [0.4, 0.5) is 0 Å². The van der Waals surface area contributed by atoms with Gasteiger partial charge in [0.15, 0.2) is 0 Å². The zero-order valence-electron chi connectivity index (χ0n) is 16.8. The van der Waals surface area contributed by atoms with Gasteiger partial charge in [0, 0.05) is 6.42 Å². The van der Waals surface area contributed by atoms with Crippen LogP contribution in [0.5, 0.6) is 0 Å². The number of hydrogen-bond donors (Lipinski definition) is 1. The summed E-state index contributed by atoms with van der Waals surface area (Å²) in [4.78, 5) is 22.7. The molecule has 4 heteroatoms. The summed E-state index contributed by atoms with van der Waals surface area (Å²) in [5.41, 5.74) is 0. The smallest absolute Gasteiger partial charge is 0.328 e. The molecule has 1 rings (SSSR count). The molecular formula is C22H39NO3. The van der Waals surface area contributed by atoms with Crippen LogP contribution in [0.15, 0.2) is 12.2 Å². The number of hydrogen-bond acceptors (Lipinski definition) is 3. The highest BCUT2D eigenvalue weighted by Crippen LogP contribution is 2.12. The van der Waals surface area contributed by atoms with Gasteiger partial charge < -0.3 is 10.1 Å². The minimum atomic E-state index is -0.422. The quantitative estimate of drug-likeness (QED) is 0.225. The van der Waals surface area contributed by atoms with Crippen LogP contribution in [-0.4, -0.2) is 24.5 Å². The number of allylic oxidation sites excluding steroid dienone is 2. The highest BCUT2D eigenvalue weighted by molar-refractivity contribution is 5.87. The van der Waals surface area contributed by atoms with Gasteiger partial charge in [-0.05, 0) is 32.1 Å². The number of esters is 1. The van der Waals surface area contributed by atoms with Gasteiger partial charge in [-0.3, -0.25) is 4.79 Å². The molecule has 26 heavy (non-hydrogen) atoms. The van der Waals surface area contributed by atoms with Gasteiger partial charge in [0.25, 0.3) is 0 Å². The molecule has 0 spiro atoms. The van der Waals surface area contributed by atoms with E-state index >= 15 is 0 Å². The maximum absolute atomic E-state index is 11.7. The molecule has 4 nitrogen and oxygen atoms in total. The zero-order valence-corrected chi connectivity index (χ0v) is 16.8. The molecular weight excluding hydrogens is 326 g/mol. The summed E-state index contributed by atoms with van der Waals surface area (Å²) in [6, 6.07) is -0.422. The van der Waals surface area contributed by atoms with Gasteiger partial charge in [-0.1, -0.05) is 76.9 Å². The lowest BCUT2D eigenvalue weighted by Crippen LogP contribution is -2.34. The summed E-state index contributed by atoms with van der Waals surface area (Å²) in [5.74, 6) is -0.341. The number of amides is 1.